The van der Waals surface area contributed by atoms with Gasteiger partial charge in [-0.15, -0.1) is 0 Å². The molecule has 1 aromatic carbocycles. The number of aliphatic imine (C=N–C) groups is 2. The van der Waals surface area contributed by atoms with Crippen molar-refractivity contribution < 1.29 is 9.69 Å². The van der Waals surface area contributed by atoms with Gasteiger partial charge in [-0.25, -0.2) is 0 Å². The van der Waals surface area contributed by atoms with Crippen molar-refractivity contribution in [2.24, 2.45) is 21.6 Å². The Labute approximate surface area is 163 Å². The van der Waals surface area contributed by atoms with Gasteiger partial charge in [0.15, 0.2) is 6.34 Å². The number of nitrogens with two attached hydrogens (primary N) is 1. The lowest BCUT2D eigenvalue weighted by Crippen LogP contribution is -3.13. The third kappa shape index (κ3) is 6.46. The Bertz CT molecular complexity index is 735. The van der Waals surface area contributed by atoms with Gasteiger partial charge in [0.25, 0.3) is 0 Å². The molecule has 1 heterocycles. The lowest BCUT2D eigenvalue weighted by atomic mass is 10.3. The van der Waals surface area contributed by atoms with Gasteiger partial charge in [0.05, 0.1) is 13.1 Å². The number of anilines is 1. The molecule has 0 radical (unpaired) electrons. The summed E-state index contributed by atoms with van der Waals surface area (Å²) in [4.78, 5) is 24.6. The molecule has 27 heavy (non-hydrogen) atoms. The molecule has 9 heteroatoms. The van der Waals surface area contributed by atoms with Gasteiger partial charge in [-0.3, -0.25) is 14.6 Å². The zero-order valence-electron chi connectivity index (χ0n) is 15.4. The third-order valence-electron chi connectivity index (χ3n) is 4.48. The maximum Gasteiger partial charge on any atom is 0.227 e. The second kappa shape index (κ2) is 9.12. The van der Waals surface area contributed by atoms with Crippen molar-refractivity contribution in [1.82, 2.24) is 4.90 Å². The molecule has 1 saturated heterocycles. The second-order valence-electron chi connectivity index (χ2n) is 6.86. The maximum atomic E-state index is 11.8. The lowest BCUT2D eigenvalue weighted by Gasteiger charge is -2.26. The van der Waals surface area contributed by atoms with Crippen LogP contribution in [0.2, 0.25) is 0 Å². The third-order valence-corrected chi connectivity index (χ3v) is 5.36. The molecule has 0 bridgehead atoms. The Balaban J connectivity index is 1.60. The Morgan fingerprint density at radius 3 is 2.59 bits per heavy atom. The molecular formula is C18H25N7OS. The van der Waals surface area contributed by atoms with Crippen molar-refractivity contribution >= 4 is 40.8 Å². The van der Waals surface area contributed by atoms with Crippen molar-refractivity contribution in [2.75, 3.05) is 38.5 Å². The van der Waals surface area contributed by atoms with Crippen LogP contribution in [0.5, 0.6) is 0 Å². The highest BCUT2D eigenvalue weighted by molar-refractivity contribution is 8.14. The van der Waals surface area contributed by atoms with Crippen LogP contribution in [-0.2, 0) is 4.79 Å². The number of carbonyl (C=O) groups is 1. The zero-order valence-corrected chi connectivity index (χ0v) is 16.2. The normalized spacial score (nSPS) is 19.4. The van der Waals surface area contributed by atoms with Gasteiger partial charge < -0.3 is 21.5 Å². The molecule has 2 aliphatic rings. The number of hydrogen-bond acceptors (Lipinski definition) is 3. The monoisotopic (exact) mass is 387 g/mol. The lowest BCUT2D eigenvalue weighted by molar-refractivity contribution is -0.804. The largest absolute Gasteiger partial charge is 0.453 e. The Morgan fingerprint density at radius 2 is 2.00 bits per heavy atom. The number of likely N-dealkylation sites (N-methyl/N-ethyl adjacent to an activating group) is 1. The Hall–Kier alpha value is -2.23. The molecule has 144 valence electrons. The number of amidine groups is 1. The van der Waals surface area contributed by atoms with Crippen molar-refractivity contribution in [1.29, 1.82) is 0 Å². The van der Waals surface area contributed by atoms with E-state index in [1.807, 2.05) is 30.6 Å². The topological polar surface area (TPSA) is 110 Å². The number of nitrogens with one attached hydrogen (secondary N) is 2. The van der Waals surface area contributed by atoms with Crippen LogP contribution in [0.4, 0.5) is 5.69 Å². The fourth-order valence-electron chi connectivity index (χ4n) is 2.66. The first-order chi connectivity index (χ1) is 13.0. The first-order valence-electron chi connectivity index (χ1n) is 9.06. The maximum absolute atomic E-state index is 11.8. The summed E-state index contributed by atoms with van der Waals surface area (Å²) in [5.74, 6) is -0.260. The van der Waals surface area contributed by atoms with Gasteiger partial charge in [-0.1, -0.05) is 11.8 Å². The summed E-state index contributed by atoms with van der Waals surface area (Å²) in [7, 11) is 2.11. The number of hydrogen-bond donors (Lipinski definition) is 3. The van der Waals surface area contributed by atoms with Gasteiger partial charge in [0.1, 0.15) is 5.17 Å². The van der Waals surface area contributed by atoms with Gasteiger partial charge in [0, 0.05) is 35.5 Å². The summed E-state index contributed by atoms with van der Waals surface area (Å²) in [5, 5.41) is 12.6. The van der Waals surface area contributed by atoms with Crippen molar-refractivity contribution in [2.45, 2.75) is 17.7 Å². The van der Waals surface area contributed by atoms with Crippen LogP contribution >= 0.6 is 11.8 Å². The highest BCUT2D eigenvalue weighted by Gasteiger charge is 2.29. The second-order valence-corrected chi connectivity index (χ2v) is 7.90. The predicted octanol–water partition coefficient (Wildman–Crippen LogP) is 0.226. The molecule has 0 spiro atoms. The van der Waals surface area contributed by atoms with Gasteiger partial charge in [0.2, 0.25) is 5.91 Å². The number of carbonyl (C=O) groups excluding carboxylic acids is 1. The number of piperazine rings is 1. The van der Waals surface area contributed by atoms with Crippen LogP contribution < -0.4 is 16.0 Å². The van der Waals surface area contributed by atoms with Crippen molar-refractivity contribution in [3.8, 4) is 0 Å². The van der Waals surface area contributed by atoms with E-state index in [2.05, 4.69) is 27.2 Å². The Morgan fingerprint density at radius 1 is 1.33 bits per heavy atom. The molecule has 1 aliphatic heterocycles. The molecule has 0 atom stereocenters. The quantitative estimate of drug-likeness (QED) is 0.390. The van der Waals surface area contributed by atoms with Gasteiger partial charge >= 0.3 is 0 Å². The van der Waals surface area contributed by atoms with Gasteiger partial charge in [-0.2, -0.15) is 4.99 Å². The highest BCUT2D eigenvalue weighted by atomic mass is 32.2. The molecule has 1 aromatic rings. The average Bonchev–Trinajstić information content (AvgIpc) is 3.47. The molecule has 1 aliphatic carbocycles. The van der Waals surface area contributed by atoms with E-state index in [0.717, 1.165) is 49.6 Å². The van der Waals surface area contributed by atoms with Crippen LogP contribution in [0.25, 0.3) is 5.41 Å². The minimum absolute atomic E-state index is 0.0834. The molecule has 1 amide bonds. The van der Waals surface area contributed by atoms with E-state index in [0.29, 0.717) is 5.17 Å². The van der Waals surface area contributed by atoms with E-state index < -0.39 is 5.96 Å². The highest BCUT2D eigenvalue weighted by Crippen LogP contribution is 2.30. The Kier molecular flexibility index (Phi) is 6.59. The number of guanidine groups is 1. The van der Waals surface area contributed by atoms with Crippen LogP contribution in [-0.4, -0.2) is 61.5 Å². The van der Waals surface area contributed by atoms with E-state index in [4.69, 9.17) is 5.73 Å². The predicted molar refractivity (Wildman–Crippen MR) is 110 cm³/mol. The number of quaternary nitrogens is 1. The number of rotatable bonds is 4. The molecule has 0 aromatic heterocycles. The zero-order chi connectivity index (χ0) is 19.2. The molecule has 4 N–H and O–H groups in total. The molecule has 0 unspecified atom stereocenters. The van der Waals surface area contributed by atoms with Crippen LogP contribution in [0, 0.1) is 5.92 Å². The minimum Gasteiger partial charge on any atom is -0.453 e. The summed E-state index contributed by atoms with van der Waals surface area (Å²) in [5.41, 5.74) is 6.10. The fraction of sp³-hybridized carbons (Fsp3) is 0.444. The van der Waals surface area contributed by atoms with Crippen molar-refractivity contribution in [3.05, 3.63) is 29.7 Å². The SMILES string of the molecule is CN1CC[NH+](/C=N/C(=N\C(=[N-])N)Sc2ccc(NC(=O)C3CC3)cc2)CC1. The smallest absolute Gasteiger partial charge is 0.227 e. The molecule has 1 saturated carbocycles. The molecule has 3 rings (SSSR count). The van der Waals surface area contributed by atoms with E-state index in [-0.39, 0.29) is 11.8 Å². The summed E-state index contributed by atoms with van der Waals surface area (Å²) in [6, 6.07) is 7.46. The average molecular weight is 388 g/mol. The molecule has 8 nitrogen and oxygen atoms in total. The molecule has 2 fully saturated rings. The minimum atomic E-state index is -0.517. The first-order valence-corrected chi connectivity index (χ1v) is 9.87. The van der Waals surface area contributed by atoms with E-state index in [1.165, 1.54) is 16.7 Å². The number of amides is 1. The summed E-state index contributed by atoms with van der Waals surface area (Å²) < 4.78 is 0. The number of nitrogens with zero attached hydrogens (tertiary/aromatic N) is 4. The summed E-state index contributed by atoms with van der Waals surface area (Å²) in [6.45, 7) is 3.99. The van der Waals surface area contributed by atoms with Gasteiger partial charge in [-0.05, 0) is 44.2 Å². The number of thioether (sulfide) groups is 1. The molecular weight excluding hydrogens is 362 g/mol. The standard InChI is InChI=1S/C18H24N7OS/c1-24-8-10-25(11-9-24)12-21-18(23-17(19)20)27-15-6-4-14(5-7-15)22-16(26)13-2-3-13/h4-7,12-13H,2-3,8-11H2,1H3,(H3-,19,20,22,26)/q-1/p+1/b21-12+,23-18+. The van der Waals surface area contributed by atoms with Crippen LogP contribution in [0.1, 0.15) is 12.8 Å². The van der Waals surface area contributed by atoms with E-state index in [1.54, 1.807) is 0 Å². The van der Waals surface area contributed by atoms with Crippen LogP contribution in [0.15, 0.2) is 39.1 Å². The summed E-state index contributed by atoms with van der Waals surface area (Å²) >= 11 is 1.31. The first kappa shape index (κ1) is 19.5. The summed E-state index contributed by atoms with van der Waals surface area (Å²) in [6.07, 6.45) is 3.78. The fourth-order valence-corrected chi connectivity index (χ4v) is 3.39. The van der Waals surface area contributed by atoms with E-state index in [9.17, 15) is 10.2 Å². The van der Waals surface area contributed by atoms with E-state index >= 15 is 0 Å². The van der Waals surface area contributed by atoms with Crippen molar-refractivity contribution in [3.63, 3.8) is 0 Å². The number of benzene rings is 1. The van der Waals surface area contributed by atoms with Crippen LogP contribution in [0.3, 0.4) is 0 Å².